The summed E-state index contributed by atoms with van der Waals surface area (Å²) in [7, 11) is 0. The van der Waals surface area contributed by atoms with E-state index < -0.39 is 0 Å². The third-order valence-corrected chi connectivity index (χ3v) is 6.41. The smallest absolute Gasteiger partial charge is 0.191 e. The van der Waals surface area contributed by atoms with E-state index in [-0.39, 0.29) is 0 Å². The predicted molar refractivity (Wildman–Crippen MR) is 86.6 cm³/mol. The third-order valence-electron chi connectivity index (χ3n) is 5.54. The fourth-order valence-corrected chi connectivity index (χ4v) is 4.35. The summed E-state index contributed by atoms with van der Waals surface area (Å²) in [5.41, 5.74) is 0.454. The van der Waals surface area contributed by atoms with Gasteiger partial charge < -0.3 is 0 Å². The molecule has 2 heterocycles. The zero-order chi connectivity index (χ0) is 14.4. The summed E-state index contributed by atoms with van der Waals surface area (Å²) < 4.78 is 2.30. The van der Waals surface area contributed by atoms with Crippen LogP contribution in [0.15, 0.2) is 17.5 Å². The number of nitrogens with zero attached hydrogens (tertiary/aromatic N) is 3. The molecule has 4 heteroatoms. The Morgan fingerprint density at radius 3 is 2.81 bits per heavy atom. The molecule has 0 amide bonds. The first-order valence-electron chi connectivity index (χ1n) is 8.21. The van der Waals surface area contributed by atoms with Gasteiger partial charge in [0.1, 0.15) is 5.82 Å². The molecule has 3 nitrogen and oxygen atoms in total. The standard InChI is InChI=1S/C17H23N3S/c1-3-17(2)11-13(17)16-18-15(14-9-6-10-21-14)19-20(16)12-7-4-5-8-12/h6,9-10,12-13H,3-5,7-8,11H2,1-2H3. The van der Waals surface area contributed by atoms with Gasteiger partial charge in [0.25, 0.3) is 0 Å². The highest BCUT2D eigenvalue weighted by Gasteiger charge is 2.52. The first-order valence-corrected chi connectivity index (χ1v) is 9.09. The van der Waals surface area contributed by atoms with Crippen molar-refractivity contribution in [1.82, 2.24) is 14.8 Å². The lowest BCUT2D eigenvalue weighted by Crippen LogP contribution is -2.12. The van der Waals surface area contributed by atoms with Crippen molar-refractivity contribution in [3.05, 3.63) is 23.3 Å². The minimum atomic E-state index is 0.454. The van der Waals surface area contributed by atoms with E-state index in [1.807, 2.05) is 0 Å². The quantitative estimate of drug-likeness (QED) is 0.793. The second-order valence-corrected chi connectivity index (χ2v) is 7.87. The van der Waals surface area contributed by atoms with E-state index in [0.29, 0.717) is 17.4 Å². The maximum atomic E-state index is 4.96. The Balaban J connectivity index is 1.73. The van der Waals surface area contributed by atoms with Crippen LogP contribution in [0.1, 0.15) is 70.2 Å². The maximum Gasteiger partial charge on any atom is 0.191 e. The van der Waals surface area contributed by atoms with Crippen LogP contribution in [-0.4, -0.2) is 14.8 Å². The zero-order valence-corrected chi connectivity index (χ0v) is 13.7. The summed E-state index contributed by atoms with van der Waals surface area (Å²) in [5.74, 6) is 2.82. The molecule has 0 aromatic carbocycles. The summed E-state index contributed by atoms with van der Waals surface area (Å²) in [6.45, 7) is 4.70. The Hall–Kier alpha value is -1.16. The van der Waals surface area contributed by atoms with Gasteiger partial charge in [0.15, 0.2) is 5.82 Å². The van der Waals surface area contributed by atoms with Gasteiger partial charge >= 0.3 is 0 Å². The van der Waals surface area contributed by atoms with Crippen molar-refractivity contribution < 1.29 is 0 Å². The highest BCUT2D eigenvalue weighted by Crippen LogP contribution is 2.61. The number of hydrogen-bond donors (Lipinski definition) is 0. The second kappa shape index (κ2) is 4.94. The lowest BCUT2D eigenvalue weighted by Gasteiger charge is -2.14. The Morgan fingerprint density at radius 1 is 1.38 bits per heavy atom. The van der Waals surface area contributed by atoms with E-state index in [0.717, 1.165) is 5.82 Å². The van der Waals surface area contributed by atoms with E-state index in [1.54, 1.807) is 11.3 Å². The van der Waals surface area contributed by atoms with Gasteiger partial charge in [-0.2, -0.15) is 0 Å². The highest BCUT2D eigenvalue weighted by molar-refractivity contribution is 7.13. The molecule has 2 fully saturated rings. The van der Waals surface area contributed by atoms with Gasteiger partial charge in [-0.15, -0.1) is 16.4 Å². The third kappa shape index (κ3) is 2.24. The molecular formula is C17H23N3S. The fourth-order valence-electron chi connectivity index (χ4n) is 3.70. The van der Waals surface area contributed by atoms with Crippen LogP contribution in [0.5, 0.6) is 0 Å². The normalized spacial score (nSPS) is 29.1. The topological polar surface area (TPSA) is 30.7 Å². The van der Waals surface area contributed by atoms with Crippen molar-refractivity contribution in [2.24, 2.45) is 5.41 Å². The van der Waals surface area contributed by atoms with Gasteiger partial charge in [-0.3, -0.25) is 0 Å². The van der Waals surface area contributed by atoms with Crippen molar-refractivity contribution >= 4 is 11.3 Å². The highest BCUT2D eigenvalue weighted by atomic mass is 32.1. The van der Waals surface area contributed by atoms with E-state index in [9.17, 15) is 0 Å². The molecule has 2 unspecified atom stereocenters. The maximum absolute atomic E-state index is 4.96. The van der Waals surface area contributed by atoms with Crippen LogP contribution in [0.3, 0.4) is 0 Å². The molecule has 0 aliphatic heterocycles. The van der Waals surface area contributed by atoms with Crippen LogP contribution < -0.4 is 0 Å². The van der Waals surface area contributed by atoms with E-state index >= 15 is 0 Å². The summed E-state index contributed by atoms with van der Waals surface area (Å²) in [6, 6.07) is 4.81. The largest absolute Gasteiger partial charge is 0.246 e. The molecular weight excluding hydrogens is 278 g/mol. The average molecular weight is 301 g/mol. The average Bonchev–Trinajstić information content (AvgIpc) is 3.07. The van der Waals surface area contributed by atoms with Crippen molar-refractivity contribution in [3.63, 3.8) is 0 Å². The second-order valence-electron chi connectivity index (χ2n) is 6.92. The molecule has 2 aromatic heterocycles. The molecule has 2 aliphatic carbocycles. The molecule has 2 aliphatic rings. The van der Waals surface area contributed by atoms with Gasteiger partial charge in [0, 0.05) is 5.92 Å². The van der Waals surface area contributed by atoms with Crippen molar-refractivity contribution in [2.45, 2.75) is 64.3 Å². The van der Waals surface area contributed by atoms with Crippen LogP contribution in [0.4, 0.5) is 0 Å². The van der Waals surface area contributed by atoms with Gasteiger partial charge in [-0.25, -0.2) is 9.67 Å². The van der Waals surface area contributed by atoms with E-state index in [2.05, 4.69) is 36.0 Å². The molecule has 2 aromatic rings. The lowest BCUT2D eigenvalue weighted by atomic mass is 10.0. The Labute approximate surface area is 130 Å². The first-order chi connectivity index (χ1) is 10.2. The monoisotopic (exact) mass is 301 g/mol. The minimum Gasteiger partial charge on any atom is -0.246 e. The van der Waals surface area contributed by atoms with E-state index in [1.165, 1.54) is 49.2 Å². The molecule has 0 N–H and O–H groups in total. The van der Waals surface area contributed by atoms with Crippen LogP contribution in [-0.2, 0) is 0 Å². The van der Waals surface area contributed by atoms with Crippen LogP contribution in [0.2, 0.25) is 0 Å². The summed E-state index contributed by atoms with van der Waals surface area (Å²) >= 11 is 1.74. The summed E-state index contributed by atoms with van der Waals surface area (Å²) in [5, 5.41) is 7.02. The van der Waals surface area contributed by atoms with Gasteiger partial charge in [-0.05, 0) is 42.5 Å². The molecule has 0 spiro atoms. The fraction of sp³-hybridized carbons (Fsp3) is 0.647. The molecule has 112 valence electrons. The number of aromatic nitrogens is 3. The molecule has 2 atom stereocenters. The zero-order valence-electron chi connectivity index (χ0n) is 12.9. The predicted octanol–water partition coefficient (Wildman–Crippen LogP) is 5.03. The van der Waals surface area contributed by atoms with Crippen molar-refractivity contribution in [2.75, 3.05) is 0 Å². The number of thiophene rings is 1. The van der Waals surface area contributed by atoms with Gasteiger partial charge in [0.05, 0.1) is 10.9 Å². The van der Waals surface area contributed by atoms with Crippen molar-refractivity contribution in [3.8, 4) is 10.7 Å². The Bertz CT molecular complexity index is 625. The lowest BCUT2D eigenvalue weighted by molar-refractivity contribution is 0.431. The Morgan fingerprint density at radius 2 is 2.19 bits per heavy atom. The van der Waals surface area contributed by atoms with Crippen LogP contribution in [0.25, 0.3) is 10.7 Å². The number of rotatable bonds is 4. The summed E-state index contributed by atoms with van der Waals surface area (Å²) in [6.07, 6.45) is 7.75. The molecule has 0 radical (unpaired) electrons. The van der Waals surface area contributed by atoms with Gasteiger partial charge in [0.2, 0.25) is 0 Å². The molecule has 4 rings (SSSR count). The first kappa shape index (κ1) is 13.5. The van der Waals surface area contributed by atoms with Crippen LogP contribution >= 0.6 is 11.3 Å². The molecule has 0 bridgehead atoms. The van der Waals surface area contributed by atoms with Gasteiger partial charge in [-0.1, -0.05) is 32.8 Å². The number of hydrogen-bond acceptors (Lipinski definition) is 3. The summed E-state index contributed by atoms with van der Waals surface area (Å²) in [4.78, 5) is 6.17. The van der Waals surface area contributed by atoms with E-state index in [4.69, 9.17) is 10.1 Å². The molecule has 2 saturated carbocycles. The molecule has 21 heavy (non-hydrogen) atoms. The van der Waals surface area contributed by atoms with Crippen molar-refractivity contribution in [1.29, 1.82) is 0 Å². The molecule has 0 saturated heterocycles. The Kier molecular flexibility index (Phi) is 3.18. The van der Waals surface area contributed by atoms with Crippen LogP contribution in [0, 0.1) is 5.41 Å². The minimum absolute atomic E-state index is 0.454. The SMILES string of the molecule is CCC1(C)CC1c1nc(-c2cccs2)nn1C1CCCC1.